The highest BCUT2D eigenvalue weighted by atomic mass is 79.9. The van der Waals surface area contributed by atoms with E-state index in [1.807, 2.05) is 114 Å². The minimum atomic E-state index is -3.72. The number of nitrogens with two attached hydrogens (primary N) is 2. The van der Waals surface area contributed by atoms with E-state index in [0.717, 1.165) is 86.0 Å². The Labute approximate surface area is 830 Å². The number of carbonyl (C=O) groups excluding carboxylic acids is 7. The molecule has 9 aromatic heterocycles. The van der Waals surface area contributed by atoms with Crippen molar-refractivity contribution in [2.45, 2.75) is 132 Å². The Morgan fingerprint density at radius 2 is 0.860 bits per heavy atom. The number of nitro groups is 3. The van der Waals surface area contributed by atoms with Crippen LogP contribution >= 0.6 is 109 Å². The maximum atomic E-state index is 12.7. The van der Waals surface area contributed by atoms with Crippen molar-refractivity contribution in [2.75, 3.05) is 58.6 Å². The number of benzene rings is 4. The number of hydrogen-bond acceptors (Lipinski definition) is 35. The first-order valence-corrected chi connectivity index (χ1v) is 47.8. The summed E-state index contributed by atoms with van der Waals surface area (Å²) in [5.74, 6) is -4.94. The quantitative estimate of drug-likeness (QED) is 0.00740. The van der Waals surface area contributed by atoms with Crippen LogP contribution in [0, 0.1) is 58.0 Å². The highest BCUT2D eigenvalue weighted by Gasteiger charge is 2.52. The summed E-state index contributed by atoms with van der Waals surface area (Å²) in [5, 5.41) is 41.4. The second-order valence-corrected chi connectivity index (χ2v) is 37.9. The van der Waals surface area contributed by atoms with Crippen molar-refractivity contribution in [3.63, 3.8) is 0 Å². The van der Waals surface area contributed by atoms with Gasteiger partial charge in [-0.3, -0.25) is 93.5 Å². The van der Waals surface area contributed by atoms with Crippen LogP contribution in [0.15, 0.2) is 181 Å². The summed E-state index contributed by atoms with van der Waals surface area (Å²) in [6.45, 7) is 26.7. The fourth-order valence-corrected chi connectivity index (χ4v) is 16.5. The minimum absolute atomic E-state index is 0.0268. The number of aromatic nitrogens is 9. The van der Waals surface area contributed by atoms with E-state index in [-0.39, 0.29) is 96.0 Å². The average Bonchev–Trinajstić information content (AvgIpc) is 1.60. The fraction of sp³-hybridized carbons (Fsp3) is 0.264. The van der Waals surface area contributed by atoms with Crippen molar-refractivity contribution in [2.24, 2.45) is 0 Å². The molecule has 49 heteroatoms. The molecule has 8 N–H and O–H groups in total. The summed E-state index contributed by atoms with van der Waals surface area (Å²) in [6, 6.07) is 35.1. The molecule has 0 spiro atoms. The molecular formula is C87H90BBr4ClN18O21S4. The van der Waals surface area contributed by atoms with Gasteiger partial charge in [0, 0.05) is 105 Å². The summed E-state index contributed by atoms with van der Waals surface area (Å²) in [4.78, 5) is 146. The van der Waals surface area contributed by atoms with E-state index >= 15 is 0 Å². The van der Waals surface area contributed by atoms with E-state index in [4.69, 9.17) is 41.9 Å². The number of sulfonamides is 1. The molecule has 1 fully saturated rings. The van der Waals surface area contributed by atoms with Gasteiger partial charge in [-0.2, -0.15) is 0 Å². The number of aryl methyl sites for hydroxylation is 4. The van der Waals surface area contributed by atoms with Crippen molar-refractivity contribution in [1.82, 2.24) is 44.9 Å². The maximum Gasteiger partial charge on any atom is 0.494 e. The first-order chi connectivity index (χ1) is 64.1. The lowest BCUT2D eigenvalue weighted by Crippen LogP contribution is -2.41. The van der Waals surface area contributed by atoms with Crippen molar-refractivity contribution < 1.29 is 85.0 Å². The number of hydrogen-bond donors (Lipinski definition) is 6. The number of fused-ring (bicyclic) bond motifs is 3. The Balaban J connectivity index is 0.000000219. The molecule has 0 bridgehead atoms. The zero-order valence-electron chi connectivity index (χ0n) is 75.3. The van der Waals surface area contributed by atoms with Gasteiger partial charge >= 0.3 is 36.7 Å². The number of halogens is 5. The molecule has 1 aliphatic rings. The molecule has 10 heterocycles. The van der Waals surface area contributed by atoms with Gasteiger partial charge in [-0.05, 0) is 230 Å². The monoisotopic (exact) mass is 2210 g/mol. The number of pyridine rings is 6. The largest absolute Gasteiger partial charge is 0.494 e. The zero-order chi connectivity index (χ0) is 101. The molecule has 0 saturated carbocycles. The zero-order valence-corrected chi connectivity index (χ0v) is 85.7. The first-order valence-electron chi connectivity index (χ1n) is 40.3. The number of rotatable bonds is 21. The normalized spacial score (nSPS) is 11.8. The molecule has 0 atom stereocenters. The average molecular weight is 2220 g/mol. The van der Waals surface area contributed by atoms with Crippen molar-refractivity contribution in [3.05, 3.63) is 240 Å². The lowest BCUT2D eigenvalue weighted by Gasteiger charge is -2.32. The third-order valence-electron chi connectivity index (χ3n) is 18.3. The van der Waals surface area contributed by atoms with Crippen LogP contribution in [0.3, 0.4) is 0 Å². The molecule has 0 unspecified atom stereocenters. The van der Waals surface area contributed by atoms with E-state index in [2.05, 4.69) is 139 Å². The molecule has 39 nitrogen and oxygen atoms in total. The molecule has 14 rings (SSSR count). The number of esters is 4. The number of carbonyl (C=O) groups is 7. The molecule has 1 saturated heterocycles. The van der Waals surface area contributed by atoms with Gasteiger partial charge in [0.1, 0.15) is 17.8 Å². The molecule has 0 radical (unpaired) electrons. The van der Waals surface area contributed by atoms with E-state index in [1.165, 1.54) is 85.5 Å². The molecule has 136 heavy (non-hydrogen) atoms. The van der Waals surface area contributed by atoms with E-state index in [0.29, 0.717) is 51.6 Å². The van der Waals surface area contributed by atoms with E-state index in [1.54, 1.807) is 90.3 Å². The van der Waals surface area contributed by atoms with Gasteiger partial charge in [-0.25, -0.2) is 28.4 Å². The Morgan fingerprint density at radius 3 is 1.27 bits per heavy atom. The second kappa shape index (κ2) is 51.4. The van der Waals surface area contributed by atoms with Crippen molar-refractivity contribution in [1.29, 1.82) is 0 Å². The van der Waals surface area contributed by atoms with Crippen LogP contribution in [-0.2, 0) is 71.8 Å². The number of nitrogens with zero attached hydrogens (tertiary/aromatic N) is 12. The number of ether oxygens (including phenoxy) is 4. The first kappa shape index (κ1) is 110. The minimum Gasteiger partial charge on any atom is -0.466 e. The standard InChI is InChI=1S/C21H18N4O3S2.C15H19BN2O3S.C15H14N4OS.C12H13BrN2O6.C7H12O4.C6H5BrN2O2.C6H7BrN2.C5H2BrClN2O2/c1-13-19(25-30(27,28)17-6-4-3-5-7-17)10-16(12-22-13)15-8-9-18-20(11-15)29-21(24-18)23-14(2)26;1-9(19)17-13-18-11-7-6-10(8-12(11)22-13)16-20-14(2,3)15(4,5)21-16;1-8-12(16)5-11(7-17-8)10-3-4-13-14(6-10)21-15(19-13)18-9(2)20;1-3-20-11(16)9(12(17)21-4-2)10-8(15(18)19)5-7(13)6-14-10;1-3-10-6(8)5-7(9)11-4-2;1-4-6(9(10)11)2-5(7)3-8-4;1-4-6(8)2-5(7)3-9-4;6-3-1-4(9(10)11)5(7)8-2-3/h3-12,25H,1-2H3,(H,23,24,26);6-8H,1-5H3,(H,17,18,19);3-7H,16H2,1-2H3,(H,18,19,20);5-6,9H,3-4H2,1-2H3;3-5H2,1-2H3;2-3H,1H3;2-3H,8H2,1H3;1-2H. The van der Waals surface area contributed by atoms with Crippen LogP contribution in [0.1, 0.15) is 117 Å². The van der Waals surface area contributed by atoms with Crippen LogP contribution in [0.4, 0.5) is 49.5 Å². The number of nitrogens with one attached hydrogen (secondary N) is 4. The van der Waals surface area contributed by atoms with E-state index in [9.17, 15) is 72.3 Å². The summed E-state index contributed by atoms with van der Waals surface area (Å²) >= 11 is 22.1. The summed E-state index contributed by atoms with van der Waals surface area (Å²) in [7, 11) is -4.10. The van der Waals surface area contributed by atoms with Crippen LogP contribution in [0.5, 0.6) is 0 Å². The summed E-state index contributed by atoms with van der Waals surface area (Å²) in [6.07, 6.45) is 9.13. The number of thiazole rings is 3. The van der Waals surface area contributed by atoms with Gasteiger partial charge in [0.2, 0.25) is 28.8 Å². The molecule has 13 aromatic rings. The molecule has 0 aliphatic carbocycles. The Hall–Kier alpha value is -12.5. The lowest BCUT2D eigenvalue weighted by atomic mass is 9.79. The van der Waals surface area contributed by atoms with Gasteiger partial charge in [0.05, 0.1) is 122 Å². The molecule has 4 aromatic carbocycles. The fourth-order valence-electron chi connectivity index (χ4n) is 11.1. The highest BCUT2D eigenvalue weighted by molar-refractivity contribution is 9.11. The Kier molecular flexibility index (Phi) is 41.8. The Bertz CT molecular complexity index is 6560. The van der Waals surface area contributed by atoms with Crippen LogP contribution in [-0.4, -0.2) is 154 Å². The molecular weight excluding hydrogens is 2130 g/mol. The van der Waals surface area contributed by atoms with Crippen molar-refractivity contribution >= 4 is 254 Å². The van der Waals surface area contributed by atoms with Crippen LogP contribution < -0.4 is 37.6 Å². The molecule has 716 valence electrons. The molecule has 1 aliphatic heterocycles. The van der Waals surface area contributed by atoms with Gasteiger partial charge in [-0.15, -0.1) is 0 Å². The number of nitrogen functional groups attached to an aromatic ring is 2. The second-order valence-electron chi connectivity index (χ2n) is 29.1. The summed E-state index contributed by atoms with van der Waals surface area (Å²) < 4.78 is 64.1. The van der Waals surface area contributed by atoms with Crippen LogP contribution in [0.25, 0.3) is 52.9 Å². The predicted molar refractivity (Wildman–Crippen MR) is 536 cm³/mol. The molecule has 3 amide bonds. The third-order valence-corrected chi connectivity index (χ3v) is 24.5. The number of anilines is 6. The SMILES string of the molecule is CC(=O)Nc1nc2ccc(-c3cnc(C)c(N)c3)cc2s1.CC(=O)Nc1nc2ccc(-c3cnc(C)c(NS(=O)(=O)c4ccccc4)c3)cc2s1.CC(=O)Nc1nc2ccc(B3OC(C)(C)C(C)(C)O3)cc2s1.CCOC(=O)C(C(=O)OCC)c1ncc(Br)cc1[N+](=O)[O-].CCOC(=O)CC(=O)OCC.Cc1ncc(Br)cc1N.Cc1ncc(Br)cc1[N+](=O)[O-].O=[N+]([O-])c1cc(Br)cnc1Cl. The third kappa shape index (κ3) is 33.2. The topological polar surface area (TPSA) is 555 Å². The maximum absolute atomic E-state index is 12.7. The van der Waals surface area contributed by atoms with Gasteiger partial charge in [0.25, 0.3) is 21.4 Å². The smallest absolute Gasteiger partial charge is 0.466 e. The predicted octanol–water partition coefficient (Wildman–Crippen LogP) is 18.9. The van der Waals surface area contributed by atoms with Crippen molar-refractivity contribution in [3.8, 4) is 22.3 Å². The van der Waals surface area contributed by atoms with Crippen LogP contribution in [0.2, 0.25) is 5.15 Å². The lowest BCUT2D eigenvalue weighted by molar-refractivity contribution is -0.386. The van der Waals surface area contributed by atoms with Gasteiger partial charge in [-0.1, -0.05) is 82.0 Å². The van der Waals surface area contributed by atoms with Gasteiger partial charge < -0.3 is 55.7 Å². The van der Waals surface area contributed by atoms with E-state index < -0.39 is 60.3 Å². The summed E-state index contributed by atoms with van der Waals surface area (Å²) in [5.41, 5.74) is 21.4. The highest BCUT2D eigenvalue weighted by Crippen LogP contribution is 2.39. The Morgan fingerprint density at radius 1 is 0.478 bits per heavy atom. The number of amides is 3. The van der Waals surface area contributed by atoms with Gasteiger partial charge in [0.15, 0.2) is 15.4 Å².